The van der Waals surface area contributed by atoms with Crippen molar-refractivity contribution in [3.05, 3.63) is 16.4 Å². The van der Waals surface area contributed by atoms with Gasteiger partial charge in [-0.1, -0.05) is 18.5 Å². The van der Waals surface area contributed by atoms with Crippen molar-refractivity contribution in [1.29, 1.82) is 0 Å². The number of nitrogens with zero attached hydrogens (tertiary/aromatic N) is 3. The van der Waals surface area contributed by atoms with Gasteiger partial charge in [-0.05, 0) is 13.3 Å². The third-order valence-corrected chi connectivity index (χ3v) is 3.48. The molecule has 20 heavy (non-hydrogen) atoms. The molecule has 0 fully saturated rings. The summed E-state index contributed by atoms with van der Waals surface area (Å²) in [7, 11) is 0. The summed E-state index contributed by atoms with van der Waals surface area (Å²) in [5.41, 5.74) is 1.32. The molecule has 0 spiro atoms. The summed E-state index contributed by atoms with van der Waals surface area (Å²) < 4.78 is 39.3. The lowest BCUT2D eigenvalue weighted by Crippen LogP contribution is -2.35. The van der Waals surface area contributed by atoms with Crippen molar-refractivity contribution < 1.29 is 13.2 Å². The molecule has 0 unspecified atom stereocenters. The Hall–Kier alpha value is -0.460. The number of hydrogen-bond donors (Lipinski definition) is 0. The molecular formula is C12H18Cl2F3N3. The lowest BCUT2D eigenvalue weighted by atomic mass is 10.3. The third-order valence-electron chi connectivity index (χ3n) is 2.87. The number of alkyl halides is 4. The van der Waals surface area contributed by atoms with Gasteiger partial charge >= 0.3 is 6.18 Å². The number of hydrogen-bond acceptors (Lipinski definition) is 2. The van der Waals surface area contributed by atoms with Gasteiger partial charge in [0.2, 0.25) is 0 Å². The molecule has 0 atom stereocenters. The summed E-state index contributed by atoms with van der Waals surface area (Å²) in [6.07, 6.45) is -3.61. The van der Waals surface area contributed by atoms with Crippen LogP contribution in [0, 0.1) is 0 Å². The molecule has 1 rings (SSSR count). The largest absolute Gasteiger partial charge is 0.401 e. The predicted molar refractivity (Wildman–Crippen MR) is 74.3 cm³/mol. The van der Waals surface area contributed by atoms with Crippen LogP contribution in [0.5, 0.6) is 0 Å². The van der Waals surface area contributed by atoms with Gasteiger partial charge in [-0.2, -0.15) is 18.3 Å². The summed E-state index contributed by atoms with van der Waals surface area (Å²) >= 11 is 11.8. The van der Waals surface area contributed by atoms with Gasteiger partial charge in [-0.25, -0.2) is 0 Å². The summed E-state index contributed by atoms with van der Waals surface area (Å²) in [4.78, 5) is 1.24. The van der Waals surface area contributed by atoms with Gasteiger partial charge in [0.05, 0.1) is 23.0 Å². The van der Waals surface area contributed by atoms with E-state index in [9.17, 15) is 13.2 Å². The second kappa shape index (κ2) is 7.52. The van der Waals surface area contributed by atoms with Crippen LogP contribution in [0.4, 0.5) is 13.2 Å². The van der Waals surface area contributed by atoms with E-state index in [1.807, 2.05) is 13.8 Å². The topological polar surface area (TPSA) is 21.1 Å². The molecule has 8 heteroatoms. The van der Waals surface area contributed by atoms with Crippen LogP contribution in [0.25, 0.3) is 0 Å². The van der Waals surface area contributed by atoms with Crippen molar-refractivity contribution in [3.63, 3.8) is 0 Å². The van der Waals surface area contributed by atoms with Crippen molar-refractivity contribution >= 4 is 23.2 Å². The van der Waals surface area contributed by atoms with E-state index in [1.165, 1.54) is 4.90 Å². The van der Waals surface area contributed by atoms with Crippen molar-refractivity contribution in [1.82, 2.24) is 14.7 Å². The normalized spacial score (nSPS) is 12.4. The quantitative estimate of drug-likeness (QED) is 0.710. The van der Waals surface area contributed by atoms with Crippen LogP contribution in [0.2, 0.25) is 5.02 Å². The average Bonchev–Trinajstić information content (AvgIpc) is 2.64. The molecule has 1 aromatic rings. The fourth-order valence-electron chi connectivity index (χ4n) is 1.97. The van der Waals surface area contributed by atoms with Gasteiger partial charge in [-0.3, -0.25) is 9.58 Å². The van der Waals surface area contributed by atoms with E-state index >= 15 is 0 Å². The van der Waals surface area contributed by atoms with Crippen molar-refractivity contribution in [2.45, 2.75) is 39.5 Å². The van der Waals surface area contributed by atoms with E-state index in [1.54, 1.807) is 4.68 Å². The maximum absolute atomic E-state index is 12.5. The molecular weight excluding hydrogens is 314 g/mol. The molecule has 0 bridgehead atoms. The SMILES string of the molecule is CCc1nn(CC)c(CN(CCCl)CC(F)(F)F)c1Cl. The first-order chi connectivity index (χ1) is 9.32. The second-order valence-corrected chi connectivity index (χ2v) is 5.15. The minimum atomic E-state index is -4.26. The van der Waals surface area contributed by atoms with Gasteiger partial charge < -0.3 is 0 Å². The average molecular weight is 332 g/mol. The zero-order chi connectivity index (χ0) is 15.3. The van der Waals surface area contributed by atoms with Crippen LogP contribution in [0.3, 0.4) is 0 Å². The van der Waals surface area contributed by atoms with Gasteiger partial charge in [0.15, 0.2) is 0 Å². The molecule has 0 aliphatic carbocycles. The number of halogens is 5. The van der Waals surface area contributed by atoms with Crippen molar-refractivity contribution in [2.24, 2.45) is 0 Å². The molecule has 0 saturated heterocycles. The van der Waals surface area contributed by atoms with E-state index in [-0.39, 0.29) is 19.0 Å². The maximum atomic E-state index is 12.5. The standard InChI is InChI=1S/C12H18Cl2F3N3/c1-3-9-11(14)10(20(4-2)18-9)7-19(6-5-13)8-12(15,16)17/h3-8H2,1-2H3. The predicted octanol–water partition coefficient (Wildman–Crippen LogP) is 3.72. The highest BCUT2D eigenvalue weighted by molar-refractivity contribution is 6.31. The van der Waals surface area contributed by atoms with E-state index < -0.39 is 12.7 Å². The van der Waals surface area contributed by atoms with E-state index in [4.69, 9.17) is 23.2 Å². The second-order valence-electron chi connectivity index (χ2n) is 4.39. The van der Waals surface area contributed by atoms with Crippen LogP contribution in [-0.2, 0) is 19.5 Å². The van der Waals surface area contributed by atoms with Crippen molar-refractivity contribution in [2.75, 3.05) is 19.0 Å². The summed E-state index contributed by atoms with van der Waals surface area (Å²) in [5.74, 6) is 0.134. The Kier molecular flexibility index (Phi) is 6.61. The lowest BCUT2D eigenvalue weighted by Gasteiger charge is -2.23. The molecule has 116 valence electrons. The van der Waals surface area contributed by atoms with E-state index in [0.29, 0.717) is 29.4 Å². The van der Waals surface area contributed by atoms with Crippen LogP contribution in [-0.4, -0.2) is 39.8 Å². The van der Waals surface area contributed by atoms with Crippen LogP contribution < -0.4 is 0 Å². The highest BCUT2D eigenvalue weighted by Crippen LogP contribution is 2.25. The molecule has 0 aliphatic heterocycles. The minimum Gasteiger partial charge on any atom is -0.288 e. The number of aryl methyl sites for hydroxylation is 2. The molecule has 3 nitrogen and oxygen atoms in total. The molecule has 0 aliphatic rings. The Labute approximate surface area is 126 Å². The molecule has 0 saturated carbocycles. The first kappa shape index (κ1) is 17.6. The molecule has 1 heterocycles. The number of rotatable bonds is 7. The van der Waals surface area contributed by atoms with E-state index in [2.05, 4.69) is 5.10 Å². The first-order valence-electron chi connectivity index (χ1n) is 6.41. The Bertz CT molecular complexity index is 432. The van der Waals surface area contributed by atoms with Gasteiger partial charge in [0.1, 0.15) is 0 Å². The Morgan fingerprint density at radius 1 is 1.30 bits per heavy atom. The van der Waals surface area contributed by atoms with Gasteiger partial charge in [-0.15, -0.1) is 11.6 Å². The fraction of sp³-hybridized carbons (Fsp3) is 0.750. The van der Waals surface area contributed by atoms with Crippen LogP contribution in [0.15, 0.2) is 0 Å². The summed E-state index contributed by atoms with van der Waals surface area (Å²) in [6, 6.07) is 0. The van der Waals surface area contributed by atoms with Crippen molar-refractivity contribution in [3.8, 4) is 0 Å². The smallest absolute Gasteiger partial charge is 0.288 e. The molecule has 1 aromatic heterocycles. The molecule has 0 aromatic carbocycles. The lowest BCUT2D eigenvalue weighted by molar-refractivity contribution is -0.146. The fourth-order valence-corrected chi connectivity index (χ4v) is 2.54. The van der Waals surface area contributed by atoms with Gasteiger partial charge in [0.25, 0.3) is 0 Å². The highest BCUT2D eigenvalue weighted by Gasteiger charge is 2.31. The zero-order valence-electron chi connectivity index (χ0n) is 11.5. The highest BCUT2D eigenvalue weighted by atomic mass is 35.5. The maximum Gasteiger partial charge on any atom is 0.401 e. The third kappa shape index (κ3) is 4.82. The summed E-state index contributed by atoms with van der Waals surface area (Å²) in [6.45, 7) is 3.58. The Morgan fingerprint density at radius 3 is 2.40 bits per heavy atom. The first-order valence-corrected chi connectivity index (χ1v) is 7.32. The molecule has 0 radical (unpaired) electrons. The molecule has 0 N–H and O–H groups in total. The van der Waals surface area contributed by atoms with Crippen LogP contribution in [0.1, 0.15) is 25.2 Å². The van der Waals surface area contributed by atoms with E-state index in [0.717, 1.165) is 0 Å². The number of aromatic nitrogens is 2. The Balaban J connectivity index is 2.95. The van der Waals surface area contributed by atoms with Gasteiger partial charge in [0, 0.05) is 25.5 Å². The summed E-state index contributed by atoms with van der Waals surface area (Å²) in [5, 5.41) is 4.75. The van der Waals surface area contributed by atoms with Crippen LogP contribution >= 0.6 is 23.2 Å². The minimum absolute atomic E-state index is 0.0892. The molecule has 0 amide bonds. The Morgan fingerprint density at radius 2 is 1.95 bits per heavy atom. The zero-order valence-corrected chi connectivity index (χ0v) is 13.0. The monoisotopic (exact) mass is 331 g/mol.